The number of carbonyl (C=O) groups is 1. The first kappa shape index (κ1) is 16.9. The largest absolute Gasteiger partial charge is 0.493 e. The quantitative estimate of drug-likeness (QED) is 0.752. The van der Waals surface area contributed by atoms with Gasteiger partial charge in [-0.3, -0.25) is 0 Å². The van der Waals surface area contributed by atoms with Crippen molar-refractivity contribution in [2.45, 2.75) is 12.5 Å². The molecule has 0 saturated carbocycles. The second-order valence-electron chi connectivity index (χ2n) is 4.42. The first-order chi connectivity index (χ1) is 9.89. The van der Waals surface area contributed by atoms with E-state index in [4.69, 9.17) is 18.9 Å². The minimum Gasteiger partial charge on any atom is -0.493 e. The van der Waals surface area contributed by atoms with Crippen LogP contribution < -0.4 is 18.9 Å². The van der Waals surface area contributed by atoms with Crippen LogP contribution in [0.4, 0.5) is 0 Å². The molecule has 0 aromatic heterocycles. The number of aliphatic hydroxyl groups is 1. The average molecular weight is 300 g/mol. The Balaban J connectivity index is 2.97. The number of methoxy groups -OCH3 is 4. The van der Waals surface area contributed by atoms with Gasteiger partial charge in [-0.2, -0.15) is 0 Å². The summed E-state index contributed by atoms with van der Waals surface area (Å²) in [6.45, 7) is 1.02. The van der Waals surface area contributed by atoms with E-state index in [1.807, 2.05) is 0 Å². The van der Waals surface area contributed by atoms with E-state index in [0.29, 0.717) is 23.0 Å². The van der Waals surface area contributed by atoms with E-state index in [2.05, 4.69) is 4.74 Å². The van der Waals surface area contributed by atoms with E-state index >= 15 is 0 Å². The second kappa shape index (κ2) is 7.03. The van der Waals surface area contributed by atoms with Gasteiger partial charge in [-0.05, 0) is 6.92 Å². The molecule has 21 heavy (non-hydrogen) atoms. The van der Waals surface area contributed by atoms with E-state index in [0.717, 1.165) is 0 Å². The van der Waals surface area contributed by atoms with Gasteiger partial charge in [0.2, 0.25) is 5.75 Å². The predicted octanol–water partition coefficient (Wildman–Crippen LogP) is 1.02. The molecular weight excluding hydrogens is 280 g/mol. The molecule has 1 N–H and O–H groups in total. The van der Waals surface area contributed by atoms with Crippen LogP contribution in [0.15, 0.2) is 12.1 Å². The number of esters is 1. The highest BCUT2D eigenvalue weighted by atomic mass is 16.6. The highest BCUT2D eigenvalue weighted by Crippen LogP contribution is 2.40. The molecule has 0 saturated heterocycles. The Morgan fingerprint density at radius 3 is 2.00 bits per heavy atom. The van der Waals surface area contributed by atoms with Gasteiger partial charge in [0.25, 0.3) is 0 Å². The van der Waals surface area contributed by atoms with Crippen LogP contribution in [0.3, 0.4) is 0 Å². The first-order valence-corrected chi connectivity index (χ1v) is 6.13. The summed E-state index contributed by atoms with van der Waals surface area (Å²) in [6, 6.07) is 3.13. The molecule has 0 aliphatic carbocycles. The molecule has 1 aromatic rings. The van der Waals surface area contributed by atoms with Crippen molar-refractivity contribution in [2.75, 3.05) is 35.0 Å². The summed E-state index contributed by atoms with van der Waals surface area (Å²) < 4.78 is 25.5. The fourth-order valence-electron chi connectivity index (χ4n) is 1.64. The predicted molar refractivity (Wildman–Crippen MR) is 74.2 cm³/mol. The highest BCUT2D eigenvalue weighted by molar-refractivity contribution is 5.78. The molecule has 0 amide bonds. The fourth-order valence-corrected chi connectivity index (χ4v) is 1.64. The lowest BCUT2D eigenvalue weighted by molar-refractivity contribution is -0.163. The zero-order valence-corrected chi connectivity index (χ0v) is 12.8. The van der Waals surface area contributed by atoms with Gasteiger partial charge >= 0.3 is 5.97 Å². The topological polar surface area (TPSA) is 83.5 Å². The summed E-state index contributed by atoms with van der Waals surface area (Å²) in [7, 11) is 5.64. The molecule has 1 atom stereocenters. The molecule has 7 nitrogen and oxygen atoms in total. The van der Waals surface area contributed by atoms with Crippen LogP contribution in [0, 0.1) is 0 Å². The van der Waals surface area contributed by atoms with Crippen LogP contribution >= 0.6 is 0 Å². The minimum atomic E-state index is -1.75. The van der Waals surface area contributed by atoms with Crippen molar-refractivity contribution in [2.24, 2.45) is 0 Å². The Labute approximate surface area is 123 Å². The number of benzene rings is 1. The van der Waals surface area contributed by atoms with Crippen LogP contribution in [0.1, 0.15) is 6.92 Å². The standard InChI is InChI=1S/C14H20O7/c1-14(16,13(15)20-5)8-21-9-6-10(17-2)12(19-4)11(7-9)18-3/h6-7,16H,8H2,1-5H3. The molecule has 0 aliphatic rings. The van der Waals surface area contributed by atoms with Gasteiger partial charge in [0, 0.05) is 12.1 Å². The van der Waals surface area contributed by atoms with Gasteiger partial charge < -0.3 is 28.8 Å². The van der Waals surface area contributed by atoms with Crippen molar-refractivity contribution < 1.29 is 33.6 Å². The van der Waals surface area contributed by atoms with Crippen LogP contribution in [0.5, 0.6) is 23.0 Å². The Morgan fingerprint density at radius 1 is 1.10 bits per heavy atom. The molecule has 1 aromatic carbocycles. The summed E-state index contributed by atoms with van der Waals surface area (Å²) in [5.74, 6) is 0.810. The van der Waals surface area contributed by atoms with Crippen molar-refractivity contribution in [3.63, 3.8) is 0 Å². The molecule has 0 bridgehead atoms. The second-order valence-corrected chi connectivity index (χ2v) is 4.42. The van der Waals surface area contributed by atoms with Crippen molar-refractivity contribution in [3.8, 4) is 23.0 Å². The number of rotatable bonds is 7. The maximum atomic E-state index is 11.4. The number of ether oxygens (including phenoxy) is 5. The van der Waals surface area contributed by atoms with E-state index in [1.54, 1.807) is 12.1 Å². The zero-order chi connectivity index (χ0) is 16.0. The minimum absolute atomic E-state index is 0.279. The lowest BCUT2D eigenvalue weighted by Gasteiger charge is -2.21. The maximum absolute atomic E-state index is 11.4. The van der Waals surface area contributed by atoms with Crippen LogP contribution in [-0.2, 0) is 9.53 Å². The van der Waals surface area contributed by atoms with Gasteiger partial charge in [-0.25, -0.2) is 4.79 Å². The molecular formula is C14H20O7. The van der Waals surface area contributed by atoms with Crippen molar-refractivity contribution in [1.82, 2.24) is 0 Å². The van der Waals surface area contributed by atoms with Crippen LogP contribution in [0.25, 0.3) is 0 Å². The molecule has 118 valence electrons. The summed E-state index contributed by atoms with van der Waals surface area (Å²) >= 11 is 0. The summed E-state index contributed by atoms with van der Waals surface area (Å²) in [4.78, 5) is 11.4. The highest BCUT2D eigenvalue weighted by Gasteiger charge is 2.32. The van der Waals surface area contributed by atoms with Gasteiger partial charge in [-0.1, -0.05) is 0 Å². The van der Waals surface area contributed by atoms with Gasteiger partial charge in [0.05, 0.1) is 28.4 Å². The first-order valence-electron chi connectivity index (χ1n) is 6.13. The Hall–Kier alpha value is -2.15. The fraction of sp³-hybridized carbons (Fsp3) is 0.500. The number of hydrogen-bond donors (Lipinski definition) is 1. The Kier molecular flexibility index (Phi) is 5.66. The third kappa shape index (κ3) is 3.91. The van der Waals surface area contributed by atoms with Crippen molar-refractivity contribution >= 4 is 5.97 Å². The smallest absolute Gasteiger partial charge is 0.341 e. The summed E-state index contributed by atoms with van der Waals surface area (Å²) in [5, 5.41) is 9.91. The normalized spacial score (nSPS) is 13.0. The van der Waals surface area contributed by atoms with E-state index in [9.17, 15) is 9.90 Å². The third-order valence-electron chi connectivity index (χ3n) is 2.78. The third-order valence-corrected chi connectivity index (χ3v) is 2.78. The summed E-state index contributed by atoms with van der Waals surface area (Å²) in [6.07, 6.45) is 0. The lowest BCUT2D eigenvalue weighted by Crippen LogP contribution is -2.42. The molecule has 1 unspecified atom stereocenters. The number of hydrogen-bond acceptors (Lipinski definition) is 7. The van der Waals surface area contributed by atoms with Gasteiger partial charge in [-0.15, -0.1) is 0 Å². The zero-order valence-electron chi connectivity index (χ0n) is 12.8. The molecule has 0 radical (unpaired) electrons. The average Bonchev–Trinajstić information content (AvgIpc) is 2.50. The van der Waals surface area contributed by atoms with E-state index in [1.165, 1.54) is 35.4 Å². The van der Waals surface area contributed by atoms with E-state index < -0.39 is 11.6 Å². The van der Waals surface area contributed by atoms with Crippen LogP contribution in [-0.4, -0.2) is 51.7 Å². The lowest BCUT2D eigenvalue weighted by atomic mass is 10.1. The van der Waals surface area contributed by atoms with Gasteiger partial charge in [0.1, 0.15) is 12.4 Å². The molecule has 7 heteroatoms. The summed E-state index contributed by atoms with van der Waals surface area (Å²) in [5.41, 5.74) is -1.75. The molecule has 0 fully saturated rings. The number of carbonyl (C=O) groups excluding carboxylic acids is 1. The molecule has 0 heterocycles. The molecule has 1 rings (SSSR count). The SMILES string of the molecule is COC(=O)C(C)(O)COc1cc(OC)c(OC)c(OC)c1. The molecule has 0 spiro atoms. The maximum Gasteiger partial charge on any atom is 0.341 e. The van der Waals surface area contributed by atoms with E-state index in [-0.39, 0.29) is 6.61 Å². The Bertz CT molecular complexity index is 471. The van der Waals surface area contributed by atoms with Crippen molar-refractivity contribution in [1.29, 1.82) is 0 Å². The Morgan fingerprint density at radius 2 is 1.62 bits per heavy atom. The van der Waals surface area contributed by atoms with Crippen molar-refractivity contribution in [3.05, 3.63) is 12.1 Å². The molecule has 0 aliphatic heterocycles. The monoisotopic (exact) mass is 300 g/mol. The van der Waals surface area contributed by atoms with Gasteiger partial charge in [0.15, 0.2) is 17.1 Å². The van der Waals surface area contributed by atoms with Crippen LogP contribution in [0.2, 0.25) is 0 Å².